The predicted octanol–water partition coefficient (Wildman–Crippen LogP) is 3.83. The summed E-state index contributed by atoms with van der Waals surface area (Å²) in [6.07, 6.45) is 15.0. The number of nitrogens with two attached hydrogens (primary N) is 1. The lowest BCUT2D eigenvalue weighted by molar-refractivity contribution is 0.254. The van der Waals surface area contributed by atoms with Crippen molar-refractivity contribution in [1.82, 2.24) is 5.32 Å². The van der Waals surface area contributed by atoms with E-state index in [0.29, 0.717) is 25.0 Å². The average Bonchev–Trinajstić information content (AvgIpc) is 2.93. The first-order valence-corrected chi connectivity index (χ1v) is 8.72. The van der Waals surface area contributed by atoms with Gasteiger partial charge >= 0.3 is 0 Å². The number of fused-ring (bicyclic) bond motifs is 1. The van der Waals surface area contributed by atoms with E-state index in [0.717, 1.165) is 25.1 Å². The molecule has 3 heteroatoms. The van der Waals surface area contributed by atoms with Gasteiger partial charge in [-0.25, -0.2) is 0 Å². The maximum absolute atomic E-state index is 5.98. The predicted molar refractivity (Wildman–Crippen MR) is 97.7 cm³/mol. The quantitative estimate of drug-likeness (QED) is 0.669. The summed E-state index contributed by atoms with van der Waals surface area (Å²) in [6, 6.07) is 0. The molecule has 0 aromatic rings. The Balaban J connectivity index is 2.13. The van der Waals surface area contributed by atoms with Gasteiger partial charge < -0.3 is 15.8 Å². The highest BCUT2D eigenvalue weighted by Crippen LogP contribution is 2.39. The Morgan fingerprint density at radius 1 is 1.43 bits per heavy atom. The summed E-state index contributed by atoms with van der Waals surface area (Å²) < 4.78 is 5.98. The number of rotatable bonds is 8. The largest absolute Gasteiger partial charge is 0.489 e. The summed E-state index contributed by atoms with van der Waals surface area (Å²) in [5.41, 5.74) is 9.84. The summed E-state index contributed by atoms with van der Waals surface area (Å²) >= 11 is 0. The molecular formula is C20H30N2O. The maximum Gasteiger partial charge on any atom is 0.119 e. The molecule has 0 heterocycles. The normalized spacial score (nSPS) is 24.2. The summed E-state index contributed by atoms with van der Waals surface area (Å²) in [7, 11) is 0. The van der Waals surface area contributed by atoms with Gasteiger partial charge in [0.2, 0.25) is 0 Å². The van der Waals surface area contributed by atoms with Crippen molar-refractivity contribution in [3.05, 3.63) is 59.1 Å². The first-order chi connectivity index (χ1) is 11.2. The fraction of sp³-hybridized carbons (Fsp3) is 0.500. The van der Waals surface area contributed by atoms with Crippen LogP contribution in [0.15, 0.2) is 59.1 Å². The van der Waals surface area contributed by atoms with Crippen LogP contribution in [0.1, 0.15) is 33.6 Å². The van der Waals surface area contributed by atoms with Gasteiger partial charge in [0.15, 0.2) is 0 Å². The smallest absolute Gasteiger partial charge is 0.119 e. The van der Waals surface area contributed by atoms with Gasteiger partial charge in [0, 0.05) is 30.6 Å². The fourth-order valence-corrected chi connectivity index (χ4v) is 3.18. The second kappa shape index (κ2) is 8.78. The molecule has 2 aliphatic carbocycles. The lowest BCUT2D eigenvalue weighted by Gasteiger charge is -2.17. The van der Waals surface area contributed by atoms with Crippen LogP contribution in [-0.2, 0) is 4.74 Å². The molecular weight excluding hydrogens is 284 g/mol. The van der Waals surface area contributed by atoms with Crippen LogP contribution in [0.4, 0.5) is 0 Å². The molecule has 0 aromatic carbocycles. The number of nitrogens with one attached hydrogen (secondary N) is 1. The van der Waals surface area contributed by atoms with Gasteiger partial charge in [-0.1, -0.05) is 31.2 Å². The van der Waals surface area contributed by atoms with E-state index in [2.05, 4.69) is 42.6 Å². The first-order valence-electron chi connectivity index (χ1n) is 8.72. The fourth-order valence-electron chi connectivity index (χ4n) is 3.18. The molecule has 2 unspecified atom stereocenters. The second-order valence-electron chi connectivity index (χ2n) is 6.13. The van der Waals surface area contributed by atoms with E-state index < -0.39 is 0 Å². The zero-order valence-corrected chi connectivity index (χ0v) is 14.6. The molecule has 2 rings (SSSR count). The molecule has 2 atom stereocenters. The summed E-state index contributed by atoms with van der Waals surface area (Å²) in [6.45, 7) is 8.56. The second-order valence-corrected chi connectivity index (χ2v) is 6.13. The number of hydrogen-bond acceptors (Lipinski definition) is 3. The van der Waals surface area contributed by atoms with E-state index in [1.807, 2.05) is 19.9 Å². The first kappa shape index (κ1) is 17.6. The summed E-state index contributed by atoms with van der Waals surface area (Å²) in [5.74, 6) is 1.86. The van der Waals surface area contributed by atoms with Crippen LogP contribution in [0.2, 0.25) is 0 Å². The number of ether oxygens (including phenoxy) is 1. The van der Waals surface area contributed by atoms with Gasteiger partial charge in [-0.3, -0.25) is 0 Å². The highest BCUT2D eigenvalue weighted by Gasteiger charge is 2.32. The molecule has 2 aliphatic rings. The minimum absolute atomic E-state index is 0.441. The van der Waals surface area contributed by atoms with Crippen molar-refractivity contribution >= 4 is 0 Å². The molecule has 0 spiro atoms. The van der Waals surface area contributed by atoms with E-state index in [1.165, 1.54) is 16.8 Å². The highest BCUT2D eigenvalue weighted by molar-refractivity contribution is 5.43. The molecule has 0 saturated carbocycles. The van der Waals surface area contributed by atoms with Gasteiger partial charge in [0.1, 0.15) is 12.4 Å². The van der Waals surface area contributed by atoms with Crippen LogP contribution in [0.25, 0.3) is 0 Å². The molecule has 0 bridgehead atoms. The summed E-state index contributed by atoms with van der Waals surface area (Å²) in [4.78, 5) is 0. The average molecular weight is 314 g/mol. The lowest BCUT2D eigenvalue weighted by atomic mass is 9.95. The molecule has 0 amide bonds. The zero-order valence-electron chi connectivity index (χ0n) is 14.6. The Morgan fingerprint density at radius 2 is 2.26 bits per heavy atom. The third-order valence-electron chi connectivity index (χ3n) is 4.45. The molecule has 0 saturated heterocycles. The Bertz CT molecular complexity index is 552. The van der Waals surface area contributed by atoms with Crippen molar-refractivity contribution in [3.63, 3.8) is 0 Å². The monoisotopic (exact) mass is 314 g/mol. The number of hydrogen-bond donors (Lipinski definition) is 2. The SMILES string of the molecule is C/C=C\C(=C/C)COC1=CC2=C(NCCC)C(CN)CC2C=C1. The van der Waals surface area contributed by atoms with E-state index in [9.17, 15) is 0 Å². The molecule has 0 aliphatic heterocycles. The Hall–Kier alpha value is -1.74. The lowest BCUT2D eigenvalue weighted by Crippen LogP contribution is -2.24. The van der Waals surface area contributed by atoms with Gasteiger partial charge in [-0.05, 0) is 50.0 Å². The molecule has 0 aromatic heterocycles. The van der Waals surface area contributed by atoms with Crippen molar-refractivity contribution in [1.29, 1.82) is 0 Å². The Labute approximate surface area is 140 Å². The van der Waals surface area contributed by atoms with Gasteiger partial charge in [0.25, 0.3) is 0 Å². The van der Waals surface area contributed by atoms with Crippen LogP contribution < -0.4 is 11.1 Å². The molecule has 23 heavy (non-hydrogen) atoms. The van der Waals surface area contributed by atoms with E-state index in [-0.39, 0.29) is 0 Å². The molecule has 126 valence electrons. The maximum atomic E-state index is 5.98. The summed E-state index contributed by atoms with van der Waals surface area (Å²) in [5, 5.41) is 3.59. The Morgan fingerprint density at radius 3 is 2.91 bits per heavy atom. The van der Waals surface area contributed by atoms with Crippen LogP contribution in [0, 0.1) is 11.8 Å². The third-order valence-corrected chi connectivity index (χ3v) is 4.45. The van der Waals surface area contributed by atoms with Crippen LogP contribution in [0.3, 0.4) is 0 Å². The van der Waals surface area contributed by atoms with E-state index in [4.69, 9.17) is 10.5 Å². The van der Waals surface area contributed by atoms with Gasteiger partial charge in [0.05, 0.1) is 0 Å². The zero-order chi connectivity index (χ0) is 16.7. The highest BCUT2D eigenvalue weighted by atomic mass is 16.5. The van der Waals surface area contributed by atoms with E-state index in [1.54, 1.807) is 0 Å². The number of allylic oxidation sites excluding steroid dienone is 6. The van der Waals surface area contributed by atoms with Crippen molar-refractivity contribution < 1.29 is 4.74 Å². The van der Waals surface area contributed by atoms with E-state index >= 15 is 0 Å². The van der Waals surface area contributed by atoms with Gasteiger partial charge in [-0.15, -0.1) is 0 Å². The Kier molecular flexibility index (Phi) is 6.72. The standard InChI is InChI=1S/C20H30N2O/c1-4-7-15(6-3)14-23-18-9-8-16-11-17(13-21)20(19(16)12-18)22-10-5-2/h4,6-9,12,16-17,22H,5,10-11,13-14,21H2,1-3H3/b7-4-,15-6+. The van der Waals surface area contributed by atoms with Crippen LogP contribution >= 0.6 is 0 Å². The minimum Gasteiger partial charge on any atom is -0.489 e. The van der Waals surface area contributed by atoms with Crippen molar-refractivity contribution in [3.8, 4) is 0 Å². The van der Waals surface area contributed by atoms with Crippen molar-refractivity contribution in [2.24, 2.45) is 17.6 Å². The van der Waals surface area contributed by atoms with Gasteiger partial charge in [-0.2, -0.15) is 0 Å². The molecule has 3 N–H and O–H groups in total. The van der Waals surface area contributed by atoms with Crippen LogP contribution in [-0.4, -0.2) is 19.7 Å². The molecule has 0 fully saturated rings. The minimum atomic E-state index is 0.441. The van der Waals surface area contributed by atoms with Crippen LogP contribution in [0.5, 0.6) is 0 Å². The van der Waals surface area contributed by atoms with Crippen molar-refractivity contribution in [2.45, 2.75) is 33.6 Å². The molecule has 3 nitrogen and oxygen atoms in total. The third kappa shape index (κ3) is 4.38. The van der Waals surface area contributed by atoms with Crippen molar-refractivity contribution in [2.75, 3.05) is 19.7 Å². The topological polar surface area (TPSA) is 47.3 Å². The molecule has 0 radical (unpaired) electrons.